The maximum Gasteiger partial charge on any atom is 0.240 e. The number of amides is 1. The SMILES string of the molecule is C[C@@H](NC(=O)C1(N)CCOCC1)c1ccc(Br)cc1. The van der Waals surface area contributed by atoms with E-state index in [0.29, 0.717) is 26.1 Å². The second kappa shape index (κ2) is 6.03. The van der Waals surface area contributed by atoms with Crippen LogP contribution in [0.1, 0.15) is 31.4 Å². The van der Waals surface area contributed by atoms with Crippen LogP contribution in [0.3, 0.4) is 0 Å². The van der Waals surface area contributed by atoms with Gasteiger partial charge in [0.05, 0.1) is 11.6 Å². The zero-order chi connectivity index (χ0) is 13.9. The van der Waals surface area contributed by atoms with Crippen molar-refractivity contribution in [3.63, 3.8) is 0 Å². The molecule has 0 saturated carbocycles. The van der Waals surface area contributed by atoms with Gasteiger partial charge < -0.3 is 15.8 Å². The second-order valence-corrected chi connectivity index (χ2v) is 5.93. The van der Waals surface area contributed by atoms with E-state index >= 15 is 0 Å². The number of nitrogens with two attached hydrogens (primary N) is 1. The minimum atomic E-state index is -0.790. The number of hydrogen-bond donors (Lipinski definition) is 2. The fraction of sp³-hybridized carbons (Fsp3) is 0.500. The number of carbonyl (C=O) groups excluding carboxylic acids is 1. The molecule has 0 spiro atoms. The molecule has 1 atom stereocenters. The quantitative estimate of drug-likeness (QED) is 0.894. The molecule has 0 aliphatic carbocycles. The van der Waals surface area contributed by atoms with Crippen LogP contribution in [0, 0.1) is 0 Å². The number of hydrogen-bond acceptors (Lipinski definition) is 3. The van der Waals surface area contributed by atoms with Crippen molar-refractivity contribution in [2.75, 3.05) is 13.2 Å². The lowest BCUT2D eigenvalue weighted by atomic mass is 9.90. The smallest absolute Gasteiger partial charge is 0.240 e. The summed E-state index contributed by atoms with van der Waals surface area (Å²) >= 11 is 3.40. The Kier molecular flexibility index (Phi) is 4.60. The lowest BCUT2D eigenvalue weighted by Gasteiger charge is -2.33. The zero-order valence-electron chi connectivity index (χ0n) is 11.0. The minimum Gasteiger partial charge on any atom is -0.381 e. The molecule has 1 aromatic carbocycles. The maximum absolute atomic E-state index is 12.3. The van der Waals surface area contributed by atoms with Crippen LogP contribution in [0.5, 0.6) is 0 Å². The average Bonchev–Trinajstić information content (AvgIpc) is 2.40. The van der Waals surface area contributed by atoms with Crippen LogP contribution in [0.2, 0.25) is 0 Å². The Morgan fingerprint density at radius 1 is 1.37 bits per heavy atom. The summed E-state index contributed by atoms with van der Waals surface area (Å²) in [7, 11) is 0. The van der Waals surface area contributed by atoms with Crippen molar-refractivity contribution >= 4 is 21.8 Å². The normalized spacial score (nSPS) is 19.7. The summed E-state index contributed by atoms with van der Waals surface area (Å²) in [6.45, 7) is 3.07. The van der Waals surface area contributed by atoms with Crippen molar-refractivity contribution < 1.29 is 9.53 Å². The van der Waals surface area contributed by atoms with Gasteiger partial charge in [-0.05, 0) is 37.5 Å². The Labute approximate surface area is 121 Å². The Morgan fingerprint density at radius 3 is 2.53 bits per heavy atom. The molecule has 3 N–H and O–H groups in total. The second-order valence-electron chi connectivity index (χ2n) is 5.02. The van der Waals surface area contributed by atoms with Crippen molar-refractivity contribution in [3.8, 4) is 0 Å². The number of carbonyl (C=O) groups is 1. The van der Waals surface area contributed by atoms with E-state index in [-0.39, 0.29) is 11.9 Å². The highest BCUT2D eigenvalue weighted by molar-refractivity contribution is 9.10. The van der Waals surface area contributed by atoms with Crippen molar-refractivity contribution in [2.24, 2.45) is 5.73 Å². The molecule has 4 nitrogen and oxygen atoms in total. The summed E-state index contributed by atoms with van der Waals surface area (Å²) in [5.74, 6) is -0.0915. The van der Waals surface area contributed by atoms with E-state index in [4.69, 9.17) is 10.5 Å². The van der Waals surface area contributed by atoms with E-state index in [1.165, 1.54) is 0 Å². The van der Waals surface area contributed by atoms with Gasteiger partial charge >= 0.3 is 0 Å². The third kappa shape index (κ3) is 3.55. The molecule has 0 bridgehead atoms. The molecule has 0 radical (unpaired) electrons. The summed E-state index contributed by atoms with van der Waals surface area (Å²) < 4.78 is 6.28. The molecule has 1 amide bonds. The van der Waals surface area contributed by atoms with Gasteiger partial charge in [-0.1, -0.05) is 28.1 Å². The van der Waals surface area contributed by atoms with Crippen molar-refractivity contribution in [3.05, 3.63) is 34.3 Å². The summed E-state index contributed by atoms with van der Waals surface area (Å²) in [4.78, 5) is 12.3. The van der Waals surface area contributed by atoms with Crippen molar-refractivity contribution in [1.29, 1.82) is 0 Å². The molecule has 2 rings (SSSR count). The molecule has 1 aliphatic heterocycles. The van der Waals surface area contributed by atoms with Crippen LogP contribution in [0.15, 0.2) is 28.7 Å². The summed E-state index contributed by atoms with van der Waals surface area (Å²) in [5, 5.41) is 2.99. The minimum absolute atomic E-state index is 0.0520. The highest BCUT2D eigenvalue weighted by Gasteiger charge is 2.36. The van der Waals surface area contributed by atoms with Crippen LogP contribution in [0.4, 0.5) is 0 Å². The molecule has 104 valence electrons. The van der Waals surface area contributed by atoms with E-state index < -0.39 is 5.54 Å². The van der Waals surface area contributed by atoms with E-state index in [0.717, 1.165) is 10.0 Å². The molecular weight excluding hydrogens is 308 g/mol. The summed E-state index contributed by atoms with van der Waals surface area (Å²) in [6.07, 6.45) is 1.15. The molecule has 19 heavy (non-hydrogen) atoms. The Bertz CT molecular complexity index is 441. The fourth-order valence-electron chi connectivity index (χ4n) is 2.14. The molecule has 1 heterocycles. The van der Waals surface area contributed by atoms with Gasteiger partial charge in [0.15, 0.2) is 0 Å². The van der Waals surface area contributed by atoms with Gasteiger partial charge in [0.2, 0.25) is 5.91 Å². The van der Waals surface area contributed by atoms with Gasteiger partial charge in [-0.2, -0.15) is 0 Å². The molecule has 1 fully saturated rings. The van der Waals surface area contributed by atoms with E-state index in [1.54, 1.807) is 0 Å². The Morgan fingerprint density at radius 2 is 1.95 bits per heavy atom. The van der Waals surface area contributed by atoms with Crippen LogP contribution < -0.4 is 11.1 Å². The monoisotopic (exact) mass is 326 g/mol. The van der Waals surface area contributed by atoms with Gasteiger partial charge in [0.25, 0.3) is 0 Å². The molecule has 1 aromatic rings. The number of rotatable bonds is 3. The third-order valence-corrected chi connectivity index (χ3v) is 4.08. The average molecular weight is 327 g/mol. The standard InChI is InChI=1S/C14H19BrN2O2/c1-10(11-2-4-12(15)5-3-11)17-13(18)14(16)6-8-19-9-7-14/h2-5,10H,6-9,16H2,1H3,(H,17,18)/t10-/m1/s1. The number of nitrogens with one attached hydrogen (secondary N) is 1. The summed E-state index contributed by atoms with van der Waals surface area (Å²) in [5.41, 5.74) is 6.43. The van der Waals surface area contributed by atoms with Crippen LogP contribution in [-0.2, 0) is 9.53 Å². The lowest BCUT2D eigenvalue weighted by molar-refractivity contribution is -0.130. The van der Waals surface area contributed by atoms with Crippen LogP contribution in [-0.4, -0.2) is 24.7 Å². The van der Waals surface area contributed by atoms with Gasteiger partial charge in [0, 0.05) is 17.7 Å². The van der Waals surface area contributed by atoms with Gasteiger partial charge in [-0.3, -0.25) is 4.79 Å². The maximum atomic E-state index is 12.3. The first-order chi connectivity index (χ1) is 9.01. The predicted octanol–water partition coefficient (Wildman–Crippen LogP) is 2.13. The van der Waals surface area contributed by atoms with E-state index in [1.807, 2.05) is 31.2 Å². The highest BCUT2D eigenvalue weighted by Crippen LogP contribution is 2.21. The molecule has 0 aromatic heterocycles. The molecular formula is C14H19BrN2O2. The number of ether oxygens (including phenoxy) is 1. The van der Waals surface area contributed by atoms with Crippen molar-refractivity contribution in [2.45, 2.75) is 31.3 Å². The Balaban J connectivity index is 2.00. The van der Waals surface area contributed by atoms with E-state index in [9.17, 15) is 4.79 Å². The summed E-state index contributed by atoms with van der Waals surface area (Å²) in [6, 6.07) is 7.85. The number of benzene rings is 1. The third-order valence-electron chi connectivity index (χ3n) is 3.55. The highest BCUT2D eigenvalue weighted by atomic mass is 79.9. The molecule has 1 saturated heterocycles. The van der Waals surface area contributed by atoms with E-state index in [2.05, 4.69) is 21.2 Å². The first-order valence-corrected chi connectivity index (χ1v) is 7.24. The lowest BCUT2D eigenvalue weighted by Crippen LogP contribution is -2.57. The fourth-order valence-corrected chi connectivity index (χ4v) is 2.40. The zero-order valence-corrected chi connectivity index (χ0v) is 12.6. The Hall–Kier alpha value is -0.910. The van der Waals surface area contributed by atoms with Crippen LogP contribution in [0.25, 0.3) is 0 Å². The largest absolute Gasteiger partial charge is 0.381 e. The van der Waals surface area contributed by atoms with Gasteiger partial charge in [-0.25, -0.2) is 0 Å². The van der Waals surface area contributed by atoms with Crippen molar-refractivity contribution in [1.82, 2.24) is 5.32 Å². The molecule has 1 aliphatic rings. The first kappa shape index (κ1) is 14.5. The first-order valence-electron chi connectivity index (χ1n) is 6.44. The van der Waals surface area contributed by atoms with Crippen LogP contribution >= 0.6 is 15.9 Å². The number of halogens is 1. The topological polar surface area (TPSA) is 64.4 Å². The van der Waals surface area contributed by atoms with Gasteiger partial charge in [-0.15, -0.1) is 0 Å². The predicted molar refractivity (Wildman–Crippen MR) is 77.7 cm³/mol. The molecule has 5 heteroatoms. The molecule has 0 unspecified atom stereocenters. The van der Waals surface area contributed by atoms with Gasteiger partial charge in [0.1, 0.15) is 0 Å².